The van der Waals surface area contributed by atoms with Gasteiger partial charge in [0.2, 0.25) is 0 Å². The molecule has 18 heavy (non-hydrogen) atoms. The first kappa shape index (κ1) is 13.5. The molecule has 0 aliphatic carbocycles. The molecule has 1 saturated heterocycles. The highest BCUT2D eigenvalue weighted by Gasteiger charge is 2.60. The van der Waals surface area contributed by atoms with Crippen LogP contribution in [0.5, 0.6) is 0 Å². The Labute approximate surface area is 109 Å². The van der Waals surface area contributed by atoms with Gasteiger partial charge in [0.15, 0.2) is 5.78 Å². The highest BCUT2D eigenvalue weighted by molar-refractivity contribution is 5.90. The summed E-state index contributed by atoms with van der Waals surface area (Å²) in [5, 5.41) is 10.3. The lowest BCUT2D eigenvalue weighted by Crippen LogP contribution is -2.61. The molecule has 0 radical (unpaired) electrons. The van der Waals surface area contributed by atoms with Crippen LogP contribution in [-0.2, 0) is 9.53 Å². The summed E-state index contributed by atoms with van der Waals surface area (Å²) in [5.41, 5.74) is -1.42. The van der Waals surface area contributed by atoms with Crippen LogP contribution >= 0.6 is 0 Å². The Bertz CT molecular complexity index is 399. The maximum absolute atomic E-state index is 12.4. The summed E-state index contributed by atoms with van der Waals surface area (Å²) in [6.45, 7) is 9.56. The number of hydrogen-bond acceptors (Lipinski definition) is 3. The quantitative estimate of drug-likeness (QED) is 0.778. The van der Waals surface area contributed by atoms with Gasteiger partial charge < -0.3 is 9.84 Å². The van der Waals surface area contributed by atoms with Gasteiger partial charge in [-0.15, -0.1) is 6.58 Å². The molecule has 2 bridgehead atoms. The van der Waals surface area contributed by atoms with Crippen molar-refractivity contribution in [2.75, 3.05) is 0 Å². The summed E-state index contributed by atoms with van der Waals surface area (Å²) < 4.78 is 6.11. The third-order valence-corrected chi connectivity index (χ3v) is 4.37. The van der Waals surface area contributed by atoms with E-state index in [9.17, 15) is 9.90 Å². The molecule has 0 saturated carbocycles. The average Bonchev–Trinajstić information content (AvgIpc) is 2.65. The lowest BCUT2D eigenvalue weighted by atomic mass is 9.74. The third-order valence-electron chi connectivity index (χ3n) is 4.37. The van der Waals surface area contributed by atoms with Crippen molar-refractivity contribution in [1.29, 1.82) is 0 Å². The second-order valence-electron chi connectivity index (χ2n) is 5.85. The van der Waals surface area contributed by atoms with E-state index in [1.807, 2.05) is 32.9 Å². The molecule has 2 rings (SSSR count). The molecule has 1 fully saturated rings. The fourth-order valence-electron chi connectivity index (χ4n) is 3.11. The van der Waals surface area contributed by atoms with Gasteiger partial charge in [0, 0.05) is 0 Å². The van der Waals surface area contributed by atoms with E-state index in [0.717, 1.165) is 6.42 Å². The Morgan fingerprint density at radius 2 is 2.22 bits per heavy atom. The first-order valence-electron chi connectivity index (χ1n) is 6.60. The number of Topliss-reactive ketones (excluding diaryl/α,β-unsaturated/α-hetero) is 1. The normalized spacial score (nSPS) is 42.6. The summed E-state index contributed by atoms with van der Waals surface area (Å²) in [5.74, 6) is -0.310. The first-order valence-corrected chi connectivity index (χ1v) is 6.60. The van der Waals surface area contributed by atoms with E-state index in [2.05, 4.69) is 6.58 Å². The lowest BCUT2D eigenvalue weighted by Gasteiger charge is -2.47. The molecular weight excluding hydrogens is 228 g/mol. The molecular formula is C15H22O3. The van der Waals surface area contributed by atoms with Crippen LogP contribution in [-0.4, -0.2) is 28.2 Å². The molecule has 0 aromatic heterocycles. The summed E-state index contributed by atoms with van der Waals surface area (Å²) in [6.07, 6.45) is 6.01. The smallest absolute Gasteiger partial charge is 0.170 e. The van der Waals surface area contributed by atoms with Crippen LogP contribution in [0.2, 0.25) is 0 Å². The third kappa shape index (κ3) is 1.69. The number of hydrogen-bond donors (Lipinski definition) is 1. The molecule has 0 spiro atoms. The molecule has 1 N–H and O–H groups in total. The summed E-state index contributed by atoms with van der Waals surface area (Å²) >= 11 is 0. The number of aliphatic hydroxyl groups is 1. The minimum Gasteiger partial charge on any atom is -0.382 e. The summed E-state index contributed by atoms with van der Waals surface area (Å²) in [4.78, 5) is 12.4. The van der Waals surface area contributed by atoms with Crippen molar-refractivity contribution in [3.05, 3.63) is 24.8 Å². The van der Waals surface area contributed by atoms with Gasteiger partial charge in [-0.1, -0.05) is 32.1 Å². The van der Waals surface area contributed by atoms with Crippen molar-refractivity contribution in [3.8, 4) is 0 Å². The van der Waals surface area contributed by atoms with E-state index in [0.29, 0.717) is 6.42 Å². The van der Waals surface area contributed by atoms with Gasteiger partial charge in [-0.3, -0.25) is 4.79 Å². The van der Waals surface area contributed by atoms with E-state index < -0.39 is 17.3 Å². The number of carbonyl (C=O) groups is 1. The SMILES string of the molecule is C=CCC[C@H]1C(=O)[C@@H](O)[C@@]2(C(C)C)C=C[C@]1(C)O2. The van der Waals surface area contributed by atoms with E-state index in [4.69, 9.17) is 4.74 Å². The number of fused-ring (bicyclic) bond motifs is 2. The Hall–Kier alpha value is -0.930. The van der Waals surface area contributed by atoms with Crippen molar-refractivity contribution in [2.24, 2.45) is 11.8 Å². The van der Waals surface area contributed by atoms with Gasteiger partial charge in [0.1, 0.15) is 11.7 Å². The fourth-order valence-corrected chi connectivity index (χ4v) is 3.11. The Morgan fingerprint density at radius 1 is 1.56 bits per heavy atom. The van der Waals surface area contributed by atoms with Crippen molar-refractivity contribution in [3.63, 3.8) is 0 Å². The van der Waals surface area contributed by atoms with Crippen LogP contribution < -0.4 is 0 Å². The molecule has 0 aromatic rings. The molecule has 2 aliphatic rings. The molecule has 0 unspecified atom stereocenters. The van der Waals surface area contributed by atoms with Crippen LogP contribution in [0.25, 0.3) is 0 Å². The predicted octanol–water partition coefficient (Wildman–Crippen LogP) is 2.25. The van der Waals surface area contributed by atoms with E-state index in [1.54, 1.807) is 6.08 Å². The lowest BCUT2D eigenvalue weighted by molar-refractivity contribution is -0.211. The second-order valence-corrected chi connectivity index (χ2v) is 5.85. The molecule has 3 heteroatoms. The zero-order valence-corrected chi connectivity index (χ0v) is 11.3. The standard InChI is InChI=1S/C15H22O3/c1-5-6-7-11-12(16)13(17)15(10(2)3)9-8-14(11,4)18-15/h5,8-11,13,17H,1,6-7H2,2-4H3/t11-,13+,14-,15-/m0/s1. The van der Waals surface area contributed by atoms with Gasteiger partial charge in [-0.05, 0) is 25.7 Å². The minimum atomic E-state index is -1.06. The second kappa shape index (κ2) is 4.32. The Kier molecular flexibility index (Phi) is 3.24. The highest BCUT2D eigenvalue weighted by Crippen LogP contribution is 2.49. The number of rotatable bonds is 4. The van der Waals surface area contributed by atoms with Crippen LogP contribution in [0.15, 0.2) is 24.8 Å². The Morgan fingerprint density at radius 3 is 2.78 bits per heavy atom. The molecule has 2 heterocycles. The Balaban J connectivity index is 2.34. The van der Waals surface area contributed by atoms with Gasteiger partial charge in [-0.2, -0.15) is 0 Å². The monoisotopic (exact) mass is 250 g/mol. The van der Waals surface area contributed by atoms with Gasteiger partial charge in [-0.25, -0.2) is 0 Å². The van der Waals surface area contributed by atoms with Crippen molar-refractivity contribution >= 4 is 5.78 Å². The van der Waals surface area contributed by atoms with E-state index >= 15 is 0 Å². The highest BCUT2D eigenvalue weighted by atomic mass is 16.5. The van der Waals surface area contributed by atoms with E-state index in [-0.39, 0.29) is 17.6 Å². The van der Waals surface area contributed by atoms with Crippen LogP contribution in [0.3, 0.4) is 0 Å². The minimum absolute atomic E-state index is 0.0647. The maximum Gasteiger partial charge on any atom is 0.170 e. The molecule has 2 aliphatic heterocycles. The van der Waals surface area contributed by atoms with Crippen LogP contribution in [0, 0.1) is 11.8 Å². The zero-order valence-electron chi connectivity index (χ0n) is 11.3. The maximum atomic E-state index is 12.4. The number of ketones is 1. The average molecular weight is 250 g/mol. The van der Waals surface area contributed by atoms with Crippen molar-refractivity contribution in [2.45, 2.75) is 50.9 Å². The topological polar surface area (TPSA) is 46.5 Å². The van der Waals surface area contributed by atoms with E-state index in [1.165, 1.54) is 0 Å². The first-order chi connectivity index (χ1) is 8.37. The van der Waals surface area contributed by atoms with Crippen LogP contribution in [0.1, 0.15) is 33.6 Å². The van der Waals surface area contributed by atoms with Gasteiger partial charge in [0.05, 0.1) is 11.5 Å². The molecule has 0 aromatic carbocycles. The summed E-state index contributed by atoms with van der Waals surface area (Å²) in [7, 11) is 0. The van der Waals surface area contributed by atoms with Gasteiger partial charge >= 0.3 is 0 Å². The fraction of sp³-hybridized carbons (Fsp3) is 0.667. The molecule has 0 amide bonds. The summed E-state index contributed by atoms with van der Waals surface area (Å²) in [6, 6.07) is 0. The van der Waals surface area contributed by atoms with Crippen LogP contribution in [0.4, 0.5) is 0 Å². The molecule has 4 atom stereocenters. The molecule has 3 nitrogen and oxygen atoms in total. The number of carbonyl (C=O) groups excluding carboxylic acids is 1. The van der Waals surface area contributed by atoms with Crippen molar-refractivity contribution < 1.29 is 14.6 Å². The zero-order chi connectivity index (χ0) is 13.6. The predicted molar refractivity (Wildman–Crippen MR) is 70.1 cm³/mol. The van der Waals surface area contributed by atoms with Gasteiger partial charge in [0.25, 0.3) is 0 Å². The largest absolute Gasteiger partial charge is 0.382 e. The number of aliphatic hydroxyl groups excluding tert-OH is 1. The number of allylic oxidation sites excluding steroid dienone is 1. The van der Waals surface area contributed by atoms with Crippen molar-refractivity contribution in [1.82, 2.24) is 0 Å². The number of ether oxygens (including phenoxy) is 1. The molecule has 100 valence electrons.